The van der Waals surface area contributed by atoms with E-state index in [1.807, 2.05) is 0 Å². The van der Waals surface area contributed by atoms with Crippen LogP contribution in [-0.2, 0) is 28.6 Å². The van der Waals surface area contributed by atoms with Gasteiger partial charge in [-0.1, -0.05) is 340 Å². The zero-order chi connectivity index (χ0) is 57.8. The Morgan fingerprint density at radius 3 is 0.700 bits per heavy atom. The molecule has 1 atom stereocenters. The van der Waals surface area contributed by atoms with Gasteiger partial charge in [0.2, 0.25) is 0 Å². The molecule has 1 unspecified atom stereocenters. The third-order valence-electron chi connectivity index (χ3n) is 16.4. The maximum atomic E-state index is 13.0. The van der Waals surface area contributed by atoms with Gasteiger partial charge in [0.05, 0.1) is 0 Å². The Balaban J connectivity index is 4.32. The maximum Gasteiger partial charge on any atom is 0.306 e. The molecular weight excluding hydrogens is 985 g/mol. The second-order valence-corrected chi connectivity index (χ2v) is 24.5. The smallest absolute Gasteiger partial charge is 0.306 e. The van der Waals surface area contributed by atoms with Crippen LogP contribution in [0.3, 0.4) is 0 Å². The predicted octanol–water partition coefficient (Wildman–Crippen LogP) is 24.7. The van der Waals surface area contributed by atoms with Crippen LogP contribution in [0.1, 0.15) is 400 Å². The molecule has 0 aliphatic rings. The normalized spacial score (nSPS) is 12.2. The van der Waals surface area contributed by atoms with Gasteiger partial charge in [0, 0.05) is 19.3 Å². The summed E-state index contributed by atoms with van der Waals surface area (Å²) >= 11 is 0. The van der Waals surface area contributed by atoms with E-state index in [0.29, 0.717) is 19.3 Å². The maximum absolute atomic E-state index is 13.0. The first-order chi connectivity index (χ1) is 39.5. The van der Waals surface area contributed by atoms with Crippen molar-refractivity contribution in [3.8, 4) is 0 Å². The Morgan fingerprint density at radius 2 is 0.450 bits per heavy atom. The van der Waals surface area contributed by atoms with Gasteiger partial charge in [0.1, 0.15) is 13.2 Å². The Kier molecular flexibility index (Phi) is 67.1. The van der Waals surface area contributed by atoms with E-state index < -0.39 is 6.10 Å². The van der Waals surface area contributed by atoms with E-state index in [-0.39, 0.29) is 31.1 Å². The summed E-state index contributed by atoms with van der Waals surface area (Å²) < 4.78 is 17.0. The molecule has 0 fully saturated rings. The molecule has 0 rings (SSSR count). The molecule has 0 radical (unpaired) electrons. The van der Waals surface area contributed by atoms with Gasteiger partial charge in [-0.15, -0.1) is 0 Å². The Morgan fingerprint density at radius 1 is 0.250 bits per heavy atom. The van der Waals surface area contributed by atoms with Crippen LogP contribution in [-0.4, -0.2) is 37.2 Å². The zero-order valence-corrected chi connectivity index (χ0v) is 54.1. The number of ether oxygens (including phenoxy) is 3. The standard InChI is InChI=1S/C74H138O6/c1-4-7-10-13-16-19-22-25-28-31-34-36-38-40-43-46-49-52-55-58-61-64-67-73(76)79-70-71(69-78-72(75)66-63-60-57-54-51-48-45-42-39-33-30-27-24-21-18-15-12-9-6-3)80-74(77)68-65-62-59-56-53-50-47-44-41-37-35-32-29-26-23-20-17-14-11-8-5-2/h23,26-27,30,32,35,71H,4-22,24-25,28-29,31,33-34,36-70H2,1-3H3/b26-23-,30-27-,35-32-. The Labute approximate surface area is 499 Å². The summed E-state index contributed by atoms with van der Waals surface area (Å²) in [5.41, 5.74) is 0. The fraction of sp³-hybridized carbons (Fsp3) is 0.878. The van der Waals surface area contributed by atoms with E-state index in [1.165, 1.54) is 295 Å². The Hall–Kier alpha value is -2.37. The van der Waals surface area contributed by atoms with E-state index in [2.05, 4.69) is 57.2 Å². The van der Waals surface area contributed by atoms with Crippen molar-refractivity contribution in [2.24, 2.45) is 0 Å². The molecule has 0 N–H and O–H groups in total. The largest absolute Gasteiger partial charge is 0.462 e. The molecule has 6 nitrogen and oxygen atoms in total. The van der Waals surface area contributed by atoms with Crippen molar-refractivity contribution < 1.29 is 28.6 Å². The fourth-order valence-corrected chi connectivity index (χ4v) is 10.9. The average Bonchev–Trinajstić information content (AvgIpc) is 3.46. The van der Waals surface area contributed by atoms with Crippen LogP contribution in [0.5, 0.6) is 0 Å². The van der Waals surface area contributed by atoms with Crippen molar-refractivity contribution >= 4 is 17.9 Å². The predicted molar refractivity (Wildman–Crippen MR) is 349 cm³/mol. The highest BCUT2D eigenvalue weighted by molar-refractivity contribution is 5.71. The van der Waals surface area contributed by atoms with E-state index in [4.69, 9.17) is 14.2 Å². The SMILES string of the molecule is CCCCCCC/C=C\C/C=C\CCCCCCCCCCCC(=O)OC(COC(=O)CCCCCCCCCCC/C=C\CCCCCCCC)COC(=O)CCCCCCCCCCCCCCCCCCCCCCCC. The molecule has 0 heterocycles. The van der Waals surface area contributed by atoms with Crippen molar-refractivity contribution in [3.63, 3.8) is 0 Å². The summed E-state index contributed by atoms with van der Waals surface area (Å²) in [5.74, 6) is -0.845. The quantitative estimate of drug-likeness (QED) is 0.0261. The van der Waals surface area contributed by atoms with Gasteiger partial charge in [0.25, 0.3) is 0 Å². The molecule has 0 aromatic heterocycles. The molecular formula is C74H138O6. The summed E-state index contributed by atoms with van der Waals surface area (Å²) in [6.07, 6.45) is 85.9. The second kappa shape index (κ2) is 69.1. The first-order valence-electron chi connectivity index (χ1n) is 36.0. The highest BCUT2D eigenvalue weighted by Crippen LogP contribution is 2.18. The van der Waals surface area contributed by atoms with Crippen LogP contribution in [0.4, 0.5) is 0 Å². The van der Waals surface area contributed by atoms with Crippen LogP contribution >= 0.6 is 0 Å². The van der Waals surface area contributed by atoms with Gasteiger partial charge in [-0.2, -0.15) is 0 Å². The van der Waals surface area contributed by atoms with Crippen LogP contribution in [0.25, 0.3) is 0 Å². The number of unbranched alkanes of at least 4 members (excludes halogenated alkanes) is 50. The van der Waals surface area contributed by atoms with E-state index in [0.717, 1.165) is 64.2 Å². The summed E-state index contributed by atoms with van der Waals surface area (Å²) in [4.78, 5) is 38.5. The minimum absolute atomic E-state index is 0.0694. The monoisotopic (exact) mass is 1120 g/mol. The van der Waals surface area contributed by atoms with Gasteiger partial charge < -0.3 is 14.2 Å². The molecule has 470 valence electrons. The molecule has 0 saturated heterocycles. The molecule has 6 heteroatoms. The van der Waals surface area contributed by atoms with Crippen molar-refractivity contribution in [1.29, 1.82) is 0 Å². The lowest BCUT2D eigenvalue weighted by Gasteiger charge is -2.18. The molecule has 0 aromatic rings. The number of rotatable bonds is 67. The van der Waals surface area contributed by atoms with Gasteiger partial charge in [-0.25, -0.2) is 0 Å². The average molecular weight is 1120 g/mol. The third-order valence-corrected chi connectivity index (χ3v) is 16.4. The molecule has 0 spiro atoms. The topological polar surface area (TPSA) is 78.9 Å². The van der Waals surface area contributed by atoms with Crippen molar-refractivity contribution in [1.82, 2.24) is 0 Å². The third kappa shape index (κ3) is 66.4. The van der Waals surface area contributed by atoms with Crippen LogP contribution < -0.4 is 0 Å². The van der Waals surface area contributed by atoms with Crippen molar-refractivity contribution in [2.45, 2.75) is 406 Å². The van der Waals surface area contributed by atoms with Gasteiger partial charge in [-0.05, 0) is 77.0 Å². The molecule has 0 aromatic carbocycles. The van der Waals surface area contributed by atoms with Gasteiger partial charge >= 0.3 is 17.9 Å². The minimum atomic E-state index is -0.775. The van der Waals surface area contributed by atoms with E-state index in [9.17, 15) is 14.4 Å². The Bertz CT molecular complexity index is 1340. The molecule has 0 bridgehead atoms. The fourth-order valence-electron chi connectivity index (χ4n) is 10.9. The lowest BCUT2D eigenvalue weighted by Crippen LogP contribution is -2.30. The van der Waals surface area contributed by atoms with Crippen LogP contribution in [0.15, 0.2) is 36.5 Å². The number of hydrogen-bond donors (Lipinski definition) is 0. The lowest BCUT2D eigenvalue weighted by atomic mass is 10.0. The summed E-state index contributed by atoms with van der Waals surface area (Å²) in [6.45, 7) is 6.70. The van der Waals surface area contributed by atoms with Gasteiger partial charge in [0.15, 0.2) is 6.10 Å². The molecule has 0 aliphatic carbocycles. The van der Waals surface area contributed by atoms with Crippen LogP contribution in [0, 0.1) is 0 Å². The minimum Gasteiger partial charge on any atom is -0.462 e. The number of carbonyl (C=O) groups is 3. The van der Waals surface area contributed by atoms with E-state index >= 15 is 0 Å². The second-order valence-electron chi connectivity index (χ2n) is 24.5. The summed E-state index contributed by atoms with van der Waals surface area (Å²) in [6, 6.07) is 0. The number of hydrogen-bond acceptors (Lipinski definition) is 6. The van der Waals surface area contributed by atoms with Crippen molar-refractivity contribution in [2.75, 3.05) is 13.2 Å². The zero-order valence-electron chi connectivity index (χ0n) is 54.1. The number of esters is 3. The van der Waals surface area contributed by atoms with E-state index in [1.54, 1.807) is 0 Å². The first kappa shape index (κ1) is 77.6. The van der Waals surface area contributed by atoms with Crippen molar-refractivity contribution in [3.05, 3.63) is 36.5 Å². The number of carbonyl (C=O) groups excluding carboxylic acids is 3. The highest BCUT2D eigenvalue weighted by Gasteiger charge is 2.19. The van der Waals surface area contributed by atoms with Gasteiger partial charge in [-0.3, -0.25) is 14.4 Å². The molecule has 0 amide bonds. The summed E-state index contributed by atoms with van der Waals surface area (Å²) in [7, 11) is 0. The highest BCUT2D eigenvalue weighted by atomic mass is 16.6. The molecule has 0 aliphatic heterocycles. The lowest BCUT2D eigenvalue weighted by molar-refractivity contribution is -0.167. The van der Waals surface area contributed by atoms with Crippen LogP contribution in [0.2, 0.25) is 0 Å². The first-order valence-corrected chi connectivity index (χ1v) is 36.0. The number of allylic oxidation sites excluding steroid dienone is 6. The molecule has 0 saturated carbocycles. The summed E-state index contributed by atoms with van der Waals surface area (Å²) in [5, 5.41) is 0. The molecule has 80 heavy (non-hydrogen) atoms.